The van der Waals surface area contributed by atoms with Crippen molar-refractivity contribution in [1.82, 2.24) is 4.90 Å². The van der Waals surface area contributed by atoms with E-state index in [1.807, 2.05) is 0 Å². The topological polar surface area (TPSA) is 170 Å². The number of likely N-dealkylation sites (N-methyl/N-ethyl adjacent to an activating group) is 1. The van der Waals surface area contributed by atoms with E-state index in [-0.39, 0.29) is 52.8 Å². The Bertz CT molecular complexity index is 1560. The van der Waals surface area contributed by atoms with Crippen molar-refractivity contribution in [1.29, 1.82) is 0 Å². The lowest BCUT2D eigenvalue weighted by Crippen LogP contribution is -2.61. The highest BCUT2D eigenvalue weighted by atomic mass is 19.2. The van der Waals surface area contributed by atoms with E-state index < -0.39 is 81.4 Å². The number of carbonyl (C=O) groups excluding carboxylic acids is 2. The van der Waals surface area contributed by atoms with Crippen molar-refractivity contribution in [2.45, 2.75) is 38.0 Å². The predicted octanol–water partition coefficient (Wildman–Crippen LogP) is 2.57. The fraction of sp³-hybridized carbons (Fsp3) is 0.379. The summed E-state index contributed by atoms with van der Waals surface area (Å²) < 4.78 is 42.2. The number of aliphatic hydroxyl groups excluding tert-OH is 2. The first-order valence-corrected chi connectivity index (χ1v) is 13.0. The van der Waals surface area contributed by atoms with Crippen LogP contribution >= 0.6 is 0 Å². The number of phenolic OH excluding ortho intramolecular Hbond substituents is 1. The van der Waals surface area contributed by atoms with Crippen LogP contribution in [0.2, 0.25) is 0 Å². The largest absolute Gasteiger partial charge is 0.510 e. The zero-order chi connectivity index (χ0) is 30.3. The fourth-order valence-electron chi connectivity index (χ4n) is 7.13. The Morgan fingerprint density at radius 2 is 1.73 bits per heavy atom. The average molecular weight is 574 g/mol. The second-order valence-corrected chi connectivity index (χ2v) is 11.3. The summed E-state index contributed by atoms with van der Waals surface area (Å²) in [6, 6.07) is 2.09. The molecule has 5 rings (SSSR count). The first-order valence-electron chi connectivity index (χ1n) is 13.0. The average Bonchev–Trinajstić information content (AvgIpc) is 2.85. The SMILES string of the molecule is CN(C)[C@@H]1C(O)=C(C(N)=O)C(C)(O)C2C(=O)C3=C(O)c4c(O)c(CN)cc(-c5cc(F)c(F)c(F)c5)c4CC3CC21. The minimum atomic E-state index is -2.18. The van der Waals surface area contributed by atoms with Crippen molar-refractivity contribution in [2.75, 3.05) is 14.1 Å². The van der Waals surface area contributed by atoms with E-state index in [0.717, 1.165) is 12.1 Å². The number of nitrogens with two attached hydrogens (primary N) is 2. The first-order chi connectivity index (χ1) is 19.1. The summed E-state index contributed by atoms with van der Waals surface area (Å²) in [6.07, 6.45) is 0.142. The Balaban J connectivity index is 1.76. The zero-order valence-electron chi connectivity index (χ0n) is 22.5. The van der Waals surface area contributed by atoms with Gasteiger partial charge >= 0.3 is 0 Å². The minimum absolute atomic E-state index is 0.00743. The molecule has 9 nitrogen and oxygen atoms in total. The molecule has 218 valence electrons. The molecule has 0 aliphatic heterocycles. The van der Waals surface area contributed by atoms with Crippen molar-refractivity contribution in [3.63, 3.8) is 0 Å². The Hall–Kier alpha value is -3.87. The van der Waals surface area contributed by atoms with Gasteiger partial charge in [0.25, 0.3) is 5.91 Å². The van der Waals surface area contributed by atoms with Crippen LogP contribution in [0.3, 0.4) is 0 Å². The molecule has 8 N–H and O–H groups in total. The number of hydrogen-bond donors (Lipinski definition) is 6. The lowest BCUT2D eigenvalue weighted by Gasteiger charge is -2.52. The molecule has 1 amide bonds. The smallest absolute Gasteiger partial charge is 0.251 e. The molecular weight excluding hydrogens is 543 g/mol. The fourth-order valence-corrected chi connectivity index (χ4v) is 7.13. The normalized spacial score (nSPS) is 27.6. The van der Waals surface area contributed by atoms with E-state index in [1.165, 1.54) is 13.0 Å². The van der Waals surface area contributed by atoms with Crippen LogP contribution in [0.25, 0.3) is 16.9 Å². The molecule has 12 heteroatoms. The number of hydrogen-bond acceptors (Lipinski definition) is 8. The molecule has 0 saturated heterocycles. The highest BCUT2D eigenvalue weighted by Crippen LogP contribution is 2.55. The number of aromatic hydroxyl groups is 1. The molecule has 3 aliphatic rings. The number of amides is 1. The van der Waals surface area contributed by atoms with E-state index in [0.29, 0.717) is 0 Å². The maximum Gasteiger partial charge on any atom is 0.251 e. The van der Waals surface area contributed by atoms with E-state index in [1.54, 1.807) is 19.0 Å². The molecule has 1 saturated carbocycles. The summed E-state index contributed by atoms with van der Waals surface area (Å²) in [5.41, 5.74) is 8.81. The maximum absolute atomic E-state index is 14.2. The van der Waals surface area contributed by atoms with Gasteiger partial charge in [-0.3, -0.25) is 14.5 Å². The molecule has 2 aromatic rings. The lowest BCUT2D eigenvalue weighted by atomic mass is 9.55. The van der Waals surface area contributed by atoms with Gasteiger partial charge in [0.05, 0.1) is 23.1 Å². The number of benzene rings is 2. The number of phenols is 1. The summed E-state index contributed by atoms with van der Waals surface area (Å²) in [5, 5.41) is 45.1. The standard InChI is InChI=1S/C29H30F3N3O6/c1-29(41)20-15(23(35(2)3)27(39)21(29)28(34)40)5-11-4-14-13(10-7-16(30)22(32)17(31)8-10)6-12(9-33)24(36)19(14)25(37)18(11)26(20)38/h6-8,11,15,20,23,36-37,39,41H,4-5,9,33H2,1-3H3,(H2,34,40)/t11?,15?,20?,23-,29?/m0/s1. The molecule has 0 heterocycles. The Morgan fingerprint density at radius 3 is 2.27 bits per heavy atom. The molecule has 2 aromatic carbocycles. The van der Waals surface area contributed by atoms with Gasteiger partial charge in [-0.25, -0.2) is 13.2 Å². The number of Topliss-reactive ketones (excluding diaryl/α,β-unsaturated/α-hetero) is 1. The number of halogens is 3. The summed E-state index contributed by atoms with van der Waals surface area (Å²) in [5.74, 6) is -10.6. The molecule has 0 bridgehead atoms. The van der Waals surface area contributed by atoms with Crippen LogP contribution < -0.4 is 11.5 Å². The molecule has 0 aromatic heterocycles. The quantitative estimate of drug-likeness (QED) is 0.303. The van der Waals surface area contributed by atoms with Crippen LogP contribution in [0.15, 0.2) is 35.1 Å². The Labute approximate surface area is 233 Å². The van der Waals surface area contributed by atoms with Crippen molar-refractivity contribution in [3.8, 4) is 16.9 Å². The molecule has 1 fully saturated rings. The number of ketones is 1. The number of carbonyl (C=O) groups is 2. The predicted molar refractivity (Wildman–Crippen MR) is 142 cm³/mol. The highest BCUT2D eigenvalue weighted by molar-refractivity contribution is 6.08. The van der Waals surface area contributed by atoms with Crippen LogP contribution in [-0.2, 0) is 22.6 Å². The number of rotatable bonds is 4. The molecule has 5 atom stereocenters. The van der Waals surface area contributed by atoms with Gasteiger partial charge in [0, 0.05) is 17.7 Å². The van der Waals surface area contributed by atoms with Gasteiger partial charge in [0.1, 0.15) is 22.9 Å². The van der Waals surface area contributed by atoms with Crippen LogP contribution in [0.4, 0.5) is 13.2 Å². The van der Waals surface area contributed by atoms with Crippen LogP contribution in [0.1, 0.15) is 30.0 Å². The first kappa shape index (κ1) is 28.7. The summed E-state index contributed by atoms with van der Waals surface area (Å²) in [7, 11) is 3.25. The minimum Gasteiger partial charge on any atom is -0.510 e. The maximum atomic E-state index is 14.2. The van der Waals surface area contributed by atoms with Crippen molar-refractivity contribution >= 4 is 17.4 Å². The number of allylic oxidation sites excluding steroid dienone is 1. The second-order valence-electron chi connectivity index (χ2n) is 11.3. The highest BCUT2D eigenvalue weighted by Gasteiger charge is 2.60. The molecule has 0 spiro atoms. The van der Waals surface area contributed by atoms with Crippen LogP contribution in [0, 0.1) is 35.2 Å². The molecule has 0 radical (unpaired) electrons. The summed E-state index contributed by atoms with van der Waals surface area (Å²) in [6.45, 7) is 0.966. The van der Waals surface area contributed by atoms with Crippen molar-refractivity contribution in [2.24, 2.45) is 29.2 Å². The van der Waals surface area contributed by atoms with Gasteiger partial charge in [-0.1, -0.05) is 0 Å². The van der Waals surface area contributed by atoms with Crippen LogP contribution in [-0.4, -0.2) is 62.8 Å². The van der Waals surface area contributed by atoms with Crippen LogP contribution in [0.5, 0.6) is 5.75 Å². The van der Waals surface area contributed by atoms with Gasteiger partial charge in [0.2, 0.25) is 0 Å². The van der Waals surface area contributed by atoms with Gasteiger partial charge in [-0.05, 0) is 80.6 Å². The van der Waals surface area contributed by atoms with Gasteiger partial charge < -0.3 is 31.9 Å². The molecule has 41 heavy (non-hydrogen) atoms. The van der Waals surface area contributed by atoms with Gasteiger partial charge in [-0.2, -0.15) is 0 Å². The molecule has 4 unspecified atom stereocenters. The summed E-state index contributed by atoms with van der Waals surface area (Å²) >= 11 is 0. The zero-order valence-corrected chi connectivity index (χ0v) is 22.5. The van der Waals surface area contributed by atoms with E-state index in [9.17, 15) is 43.2 Å². The molecule has 3 aliphatic carbocycles. The van der Waals surface area contributed by atoms with E-state index >= 15 is 0 Å². The third-order valence-corrected chi connectivity index (χ3v) is 8.74. The van der Waals surface area contributed by atoms with Gasteiger partial charge in [0.15, 0.2) is 23.2 Å². The van der Waals surface area contributed by atoms with Crippen molar-refractivity contribution in [3.05, 3.63) is 69.2 Å². The monoisotopic (exact) mass is 573 g/mol. The van der Waals surface area contributed by atoms with E-state index in [4.69, 9.17) is 11.5 Å². The molecular formula is C29H30F3N3O6. The third-order valence-electron chi connectivity index (χ3n) is 8.74. The van der Waals surface area contributed by atoms with Crippen molar-refractivity contribution < 1.29 is 43.2 Å². The number of primary amides is 1. The summed E-state index contributed by atoms with van der Waals surface area (Å²) in [4.78, 5) is 28.0. The van der Waals surface area contributed by atoms with Gasteiger partial charge in [-0.15, -0.1) is 0 Å². The lowest BCUT2D eigenvalue weighted by molar-refractivity contribution is -0.139. The third kappa shape index (κ3) is 4.03. The Kier molecular flexibility index (Phi) is 6.71. The number of fused-ring (bicyclic) bond motifs is 3. The Morgan fingerprint density at radius 1 is 1.12 bits per heavy atom. The second kappa shape index (κ2) is 9.61. The van der Waals surface area contributed by atoms with E-state index in [2.05, 4.69) is 0 Å². The number of nitrogens with zero attached hydrogens (tertiary/aromatic N) is 1. The number of aliphatic hydroxyl groups is 3.